The van der Waals surface area contributed by atoms with Gasteiger partial charge in [0.05, 0.1) is 5.75 Å². The van der Waals surface area contributed by atoms with Crippen molar-refractivity contribution in [3.8, 4) is 0 Å². The molecule has 0 unspecified atom stereocenters. The number of aryl methyl sites for hydroxylation is 2. The Hall–Kier alpha value is -2.73. The molecule has 1 heterocycles. The first-order chi connectivity index (χ1) is 14.4. The van der Waals surface area contributed by atoms with Gasteiger partial charge in [0.1, 0.15) is 6.54 Å². The molecule has 0 spiro atoms. The van der Waals surface area contributed by atoms with Crippen molar-refractivity contribution in [2.24, 2.45) is 0 Å². The van der Waals surface area contributed by atoms with E-state index in [1.165, 1.54) is 11.8 Å². The normalized spacial score (nSPS) is 10.9. The van der Waals surface area contributed by atoms with Crippen LogP contribution in [0.1, 0.15) is 25.0 Å². The molecule has 0 atom stereocenters. The average molecular weight is 424 g/mol. The number of thioether (sulfide) groups is 1. The van der Waals surface area contributed by atoms with Gasteiger partial charge in [-0.25, -0.2) is 0 Å². The summed E-state index contributed by atoms with van der Waals surface area (Å²) in [6.07, 6.45) is 1.99. The Kier molecular flexibility index (Phi) is 7.21. The predicted octanol–water partition coefficient (Wildman–Crippen LogP) is 4.86. The highest BCUT2D eigenvalue weighted by molar-refractivity contribution is 8.00. The lowest BCUT2D eigenvalue weighted by Crippen LogP contribution is -2.33. The third-order valence-corrected chi connectivity index (χ3v) is 6.08. The molecule has 0 aliphatic carbocycles. The number of amides is 2. The van der Waals surface area contributed by atoms with Gasteiger partial charge in [-0.15, -0.1) is 11.8 Å². The maximum absolute atomic E-state index is 12.6. The Morgan fingerprint density at radius 1 is 1.03 bits per heavy atom. The number of fused-ring (bicyclic) bond motifs is 1. The van der Waals surface area contributed by atoms with Gasteiger partial charge in [0, 0.05) is 40.8 Å². The molecule has 158 valence electrons. The van der Waals surface area contributed by atoms with Crippen LogP contribution in [0.25, 0.3) is 10.9 Å². The lowest BCUT2D eigenvalue weighted by Gasteiger charge is -2.19. The topological polar surface area (TPSA) is 54.3 Å². The van der Waals surface area contributed by atoms with Crippen molar-refractivity contribution in [1.29, 1.82) is 0 Å². The summed E-state index contributed by atoms with van der Waals surface area (Å²) in [5.74, 6) is 0.372. The molecule has 0 aliphatic rings. The highest BCUT2D eigenvalue weighted by Gasteiger charge is 2.15. The van der Waals surface area contributed by atoms with Gasteiger partial charge in [0.15, 0.2) is 0 Å². The molecule has 0 saturated carbocycles. The number of para-hydroxylation sites is 1. The summed E-state index contributed by atoms with van der Waals surface area (Å²) >= 11 is 1.50. The molecule has 3 rings (SSSR count). The van der Waals surface area contributed by atoms with Crippen LogP contribution in [-0.4, -0.2) is 40.1 Å². The lowest BCUT2D eigenvalue weighted by atomic mass is 10.1. The number of aromatic nitrogens is 1. The predicted molar refractivity (Wildman–Crippen MR) is 125 cm³/mol. The highest BCUT2D eigenvalue weighted by Crippen LogP contribution is 2.30. The van der Waals surface area contributed by atoms with Crippen molar-refractivity contribution in [2.75, 3.05) is 24.2 Å². The maximum Gasteiger partial charge on any atom is 0.242 e. The molecular weight excluding hydrogens is 394 g/mol. The number of likely N-dealkylation sites (N-methyl/N-ethyl adjacent to an activating group) is 1. The van der Waals surface area contributed by atoms with E-state index in [1.54, 1.807) is 0 Å². The van der Waals surface area contributed by atoms with E-state index in [0.29, 0.717) is 25.4 Å². The molecular formula is C24H29N3O2S. The zero-order valence-corrected chi connectivity index (χ0v) is 18.9. The Morgan fingerprint density at radius 3 is 2.37 bits per heavy atom. The quantitative estimate of drug-likeness (QED) is 0.527. The Morgan fingerprint density at radius 2 is 1.70 bits per heavy atom. The first-order valence-electron chi connectivity index (χ1n) is 10.3. The second-order valence-electron chi connectivity index (χ2n) is 7.42. The summed E-state index contributed by atoms with van der Waals surface area (Å²) in [5, 5.41) is 4.05. The second-order valence-corrected chi connectivity index (χ2v) is 8.43. The number of nitrogens with one attached hydrogen (secondary N) is 1. The van der Waals surface area contributed by atoms with Crippen LogP contribution in [0.15, 0.2) is 53.6 Å². The van der Waals surface area contributed by atoms with E-state index in [-0.39, 0.29) is 11.8 Å². The number of nitrogens with zero attached hydrogens (tertiary/aromatic N) is 2. The SMILES string of the molecule is CCN(CC)C(=O)Cn1cc(SCC(=O)Nc2cc(C)cc(C)c2)c2ccccc21. The van der Waals surface area contributed by atoms with E-state index in [4.69, 9.17) is 0 Å². The number of carbonyl (C=O) groups excluding carboxylic acids is 2. The summed E-state index contributed by atoms with van der Waals surface area (Å²) in [6.45, 7) is 9.73. The second kappa shape index (κ2) is 9.85. The summed E-state index contributed by atoms with van der Waals surface area (Å²) < 4.78 is 1.99. The van der Waals surface area contributed by atoms with E-state index in [2.05, 4.69) is 11.4 Å². The number of anilines is 1. The molecule has 0 fully saturated rings. The Labute approximate surface area is 182 Å². The molecule has 1 N–H and O–H groups in total. The smallest absolute Gasteiger partial charge is 0.242 e. The molecule has 3 aromatic rings. The average Bonchev–Trinajstić information content (AvgIpc) is 3.04. The molecule has 30 heavy (non-hydrogen) atoms. The molecule has 0 radical (unpaired) electrons. The maximum atomic E-state index is 12.6. The third kappa shape index (κ3) is 5.25. The van der Waals surface area contributed by atoms with E-state index < -0.39 is 0 Å². The van der Waals surface area contributed by atoms with E-state index in [0.717, 1.165) is 32.6 Å². The van der Waals surface area contributed by atoms with Crippen LogP contribution >= 0.6 is 11.8 Å². The largest absolute Gasteiger partial charge is 0.342 e. The molecule has 6 heteroatoms. The van der Waals surface area contributed by atoms with Crippen molar-refractivity contribution in [3.63, 3.8) is 0 Å². The van der Waals surface area contributed by atoms with Gasteiger partial charge in [-0.1, -0.05) is 24.3 Å². The van der Waals surface area contributed by atoms with Crippen molar-refractivity contribution >= 4 is 40.2 Å². The number of hydrogen-bond donors (Lipinski definition) is 1. The van der Waals surface area contributed by atoms with Crippen LogP contribution in [0.4, 0.5) is 5.69 Å². The summed E-state index contributed by atoms with van der Waals surface area (Å²) in [4.78, 5) is 27.9. The molecule has 2 amide bonds. The molecule has 1 aromatic heterocycles. The minimum atomic E-state index is -0.0407. The first-order valence-corrected chi connectivity index (χ1v) is 11.3. The van der Waals surface area contributed by atoms with Gasteiger partial charge in [0.25, 0.3) is 0 Å². The van der Waals surface area contributed by atoms with Crippen molar-refractivity contribution in [3.05, 3.63) is 59.8 Å². The van der Waals surface area contributed by atoms with Crippen molar-refractivity contribution in [1.82, 2.24) is 9.47 Å². The summed E-state index contributed by atoms with van der Waals surface area (Å²) in [5.41, 5.74) is 4.08. The van der Waals surface area contributed by atoms with E-state index >= 15 is 0 Å². The van der Waals surface area contributed by atoms with Crippen LogP contribution in [0.2, 0.25) is 0 Å². The van der Waals surface area contributed by atoms with Gasteiger partial charge in [-0.3, -0.25) is 9.59 Å². The summed E-state index contributed by atoms with van der Waals surface area (Å²) in [6, 6.07) is 14.0. The van der Waals surface area contributed by atoms with Crippen LogP contribution in [0, 0.1) is 13.8 Å². The van der Waals surface area contributed by atoms with Crippen LogP contribution in [0.3, 0.4) is 0 Å². The fourth-order valence-corrected chi connectivity index (χ4v) is 4.56. The van der Waals surface area contributed by atoms with Crippen molar-refractivity contribution < 1.29 is 9.59 Å². The van der Waals surface area contributed by atoms with E-state index in [1.807, 2.05) is 79.8 Å². The third-order valence-electron chi connectivity index (χ3n) is 5.04. The molecule has 2 aromatic carbocycles. The van der Waals surface area contributed by atoms with Gasteiger partial charge >= 0.3 is 0 Å². The van der Waals surface area contributed by atoms with Crippen LogP contribution < -0.4 is 5.32 Å². The number of carbonyl (C=O) groups is 2. The number of benzene rings is 2. The molecule has 0 aliphatic heterocycles. The van der Waals surface area contributed by atoms with Gasteiger partial charge in [-0.05, 0) is 57.0 Å². The number of hydrogen-bond acceptors (Lipinski definition) is 3. The molecule has 5 nitrogen and oxygen atoms in total. The standard InChI is InChI=1S/C24H29N3O2S/c1-5-26(6-2)24(29)15-27-14-22(20-9-7-8-10-21(20)27)30-16-23(28)25-19-12-17(3)11-18(4)13-19/h7-14H,5-6,15-16H2,1-4H3,(H,25,28). The zero-order chi connectivity index (χ0) is 21.7. The highest BCUT2D eigenvalue weighted by atomic mass is 32.2. The molecule has 0 saturated heterocycles. The summed E-state index contributed by atoms with van der Waals surface area (Å²) in [7, 11) is 0. The Bertz CT molecular complexity index is 1030. The minimum absolute atomic E-state index is 0.0407. The van der Waals surface area contributed by atoms with E-state index in [9.17, 15) is 9.59 Å². The van der Waals surface area contributed by atoms with Crippen LogP contribution in [0.5, 0.6) is 0 Å². The zero-order valence-electron chi connectivity index (χ0n) is 18.1. The fourth-order valence-electron chi connectivity index (χ4n) is 3.67. The lowest BCUT2D eigenvalue weighted by molar-refractivity contribution is -0.131. The first kappa shape index (κ1) is 22.0. The van der Waals surface area contributed by atoms with Crippen LogP contribution in [-0.2, 0) is 16.1 Å². The monoisotopic (exact) mass is 423 g/mol. The van der Waals surface area contributed by atoms with Gasteiger partial charge < -0.3 is 14.8 Å². The minimum Gasteiger partial charge on any atom is -0.342 e. The molecule has 0 bridgehead atoms. The fraction of sp³-hybridized carbons (Fsp3) is 0.333. The van der Waals surface area contributed by atoms with Gasteiger partial charge in [0.2, 0.25) is 11.8 Å². The number of rotatable bonds is 8. The Balaban J connectivity index is 1.73. The van der Waals surface area contributed by atoms with Crippen molar-refractivity contribution in [2.45, 2.75) is 39.1 Å². The van der Waals surface area contributed by atoms with Gasteiger partial charge in [-0.2, -0.15) is 0 Å².